The van der Waals surface area contributed by atoms with Crippen LogP contribution < -0.4 is 5.32 Å². The molecule has 0 aliphatic rings. The van der Waals surface area contributed by atoms with E-state index in [0.717, 1.165) is 30.9 Å². The minimum Gasteiger partial charge on any atom is -0.472 e. The number of aryl methyl sites for hydroxylation is 2. The summed E-state index contributed by atoms with van der Waals surface area (Å²) >= 11 is 0. The number of rotatable bonds is 5. The molecular weight excluding hydrogens is 230 g/mol. The van der Waals surface area contributed by atoms with Crippen molar-refractivity contribution in [2.75, 3.05) is 5.32 Å². The van der Waals surface area contributed by atoms with Crippen LogP contribution in [0.1, 0.15) is 35.8 Å². The molecule has 0 bridgehead atoms. The molecule has 2 heterocycles. The summed E-state index contributed by atoms with van der Waals surface area (Å²) in [5.41, 5.74) is 1.41. The molecule has 1 N–H and O–H groups in total. The van der Waals surface area contributed by atoms with Crippen molar-refractivity contribution in [2.45, 2.75) is 33.2 Å². The molecule has 18 heavy (non-hydrogen) atoms. The van der Waals surface area contributed by atoms with Gasteiger partial charge in [-0.05, 0) is 19.4 Å². The summed E-state index contributed by atoms with van der Waals surface area (Å²) in [7, 11) is 0. The lowest BCUT2D eigenvalue weighted by atomic mass is 10.3. The van der Waals surface area contributed by atoms with Gasteiger partial charge in [0, 0.05) is 12.6 Å². The van der Waals surface area contributed by atoms with Crippen molar-refractivity contribution in [3.8, 4) is 0 Å². The van der Waals surface area contributed by atoms with Crippen LogP contribution in [0.25, 0.3) is 0 Å². The highest BCUT2D eigenvalue weighted by molar-refractivity contribution is 6.03. The number of carbonyl (C=O) groups excluding carboxylic acids is 1. The van der Waals surface area contributed by atoms with Crippen LogP contribution >= 0.6 is 0 Å². The summed E-state index contributed by atoms with van der Waals surface area (Å²) in [6.45, 7) is 4.85. The maximum Gasteiger partial charge on any atom is 0.260 e. The highest BCUT2D eigenvalue weighted by atomic mass is 16.3. The predicted molar refractivity (Wildman–Crippen MR) is 68.5 cm³/mol. The van der Waals surface area contributed by atoms with E-state index in [-0.39, 0.29) is 5.91 Å². The van der Waals surface area contributed by atoms with Gasteiger partial charge in [-0.2, -0.15) is 5.10 Å². The van der Waals surface area contributed by atoms with Crippen molar-refractivity contribution in [1.29, 1.82) is 0 Å². The van der Waals surface area contributed by atoms with Crippen LogP contribution in [0.4, 0.5) is 5.82 Å². The lowest BCUT2D eigenvalue weighted by Gasteiger charge is -2.07. The number of hydrogen-bond donors (Lipinski definition) is 1. The first kappa shape index (κ1) is 12.4. The average Bonchev–Trinajstić information content (AvgIpc) is 2.96. The Labute approximate surface area is 106 Å². The lowest BCUT2D eigenvalue weighted by molar-refractivity contribution is 0.102. The number of hydrogen-bond acceptors (Lipinski definition) is 3. The zero-order valence-electron chi connectivity index (χ0n) is 10.6. The molecule has 0 radical (unpaired) electrons. The molecule has 0 fully saturated rings. The second-order valence-corrected chi connectivity index (χ2v) is 4.21. The summed E-state index contributed by atoms with van der Waals surface area (Å²) in [6.07, 6.45) is 5.03. The number of unbranched alkanes of at least 4 members (excludes halogenated alkanes) is 1. The van der Waals surface area contributed by atoms with Gasteiger partial charge in [-0.3, -0.25) is 4.79 Å². The molecule has 96 valence electrons. The first-order chi connectivity index (χ1) is 8.70. The van der Waals surface area contributed by atoms with Gasteiger partial charge in [-0.25, -0.2) is 4.68 Å². The number of nitrogens with one attached hydrogen (secondary N) is 1. The van der Waals surface area contributed by atoms with E-state index in [1.54, 1.807) is 6.07 Å². The summed E-state index contributed by atoms with van der Waals surface area (Å²) < 4.78 is 6.72. The Bertz CT molecular complexity index is 514. The topological polar surface area (TPSA) is 60.1 Å². The van der Waals surface area contributed by atoms with Crippen molar-refractivity contribution >= 4 is 11.7 Å². The largest absolute Gasteiger partial charge is 0.472 e. The quantitative estimate of drug-likeness (QED) is 0.883. The number of aromatic nitrogens is 2. The van der Waals surface area contributed by atoms with E-state index >= 15 is 0 Å². The highest BCUT2D eigenvalue weighted by Crippen LogP contribution is 2.13. The van der Waals surface area contributed by atoms with E-state index in [1.807, 2.05) is 17.7 Å². The van der Waals surface area contributed by atoms with Crippen LogP contribution in [0, 0.1) is 6.92 Å². The number of carbonyl (C=O) groups is 1. The van der Waals surface area contributed by atoms with Crippen LogP contribution in [0.3, 0.4) is 0 Å². The zero-order valence-corrected chi connectivity index (χ0v) is 10.6. The van der Waals surface area contributed by atoms with E-state index in [9.17, 15) is 4.79 Å². The van der Waals surface area contributed by atoms with Crippen molar-refractivity contribution < 1.29 is 9.21 Å². The van der Waals surface area contributed by atoms with Gasteiger partial charge in [0.1, 0.15) is 12.1 Å². The van der Waals surface area contributed by atoms with Crippen molar-refractivity contribution in [1.82, 2.24) is 9.78 Å². The van der Waals surface area contributed by atoms with Crippen LogP contribution in [-0.2, 0) is 6.54 Å². The van der Waals surface area contributed by atoms with Crippen LogP contribution in [-0.4, -0.2) is 15.7 Å². The van der Waals surface area contributed by atoms with Gasteiger partial charge >= 0.3 is 0 Å². The van der Waals surface area contributed by atoms with Gasteiger partial charge in [0.2, 0.25) is 0 Å². The number of nitrogens with zero attached hydrogens (tertiary/aromatic N) is 2. The van der Waals surface area contributed by atoms with Gasteiger partial charge in [0.25, 0.3) is 5.91 Å². The molecule has 5 heteroatoms. The SMILES string of the molecule is CCCCn1nc(C)cc1NC(=O)c1ccoc1. The van der Waals surface area contributed by atoms with E-state index in [2.05, 4.69) is 17.3 Å². The molecule has 0 saturated heterocycles. The van der Waals surface area contributed by atoms with E-state index in [4.69, 9.17) is 4.42 Å². The Morgan fingerprint density at radius 2 is 2.39 bits per heavy atom. The Morgan fingerprint density at radius 3 is 3.06 bits per heavy atom. The van der Waals surface area contributed by atoms with Gasteiger partial charge in [0.05, 0.1) is 17.5 Å². The second kappa shape index (κ2) is 5.53. The Hall–Kier alpha value is -2.04. The maximum atomic E-state index is 11.9. The van der Waals surface area contributed by atoms with Gasteiger partial charge in [0.15, 0.2) is 0 Å². The molecule has 2 aromatic heterocycles. The van der Waals surface area contributed by atoms with Crippen LogP contribution in [0.5, 0.6) is 0 Å². The molecule has 2 aromatic rings. The van der Waals surface area contributed by atoms with Gasteiger partial charge in [-0.15, -0.1) is 0 Å². The Balaban J connectivity index is 2.10. The number of furan rings is 1. The molecule has 0 saturated carbocycles. The lowest BCUT2D eigenvalue weighted by Crippen LogP contribution is -2.15. The van der Waals surface area contributed by atoms with E-state index in [1.165, 1.54) is 12.5 Å². The molecule has 1 amide bonds. The van der Waals surface area contributed by atoms with Crippen molar-refractivity contribution in [3.05, 3.63) is 35.9 Å². The minimum atomic E-state index is -0.179. The molecule has 0 unspecified atom stereocenters. The van der Waals surface area contributed by atoms with E-state index < -0.39 is 0 Å². The smallest absolute Gasteiger partial charge is 0.260 e. The predicted octanol–water partition coefficient (Wildman–Crippen LogP) is 2.84. The highest BCUT2D eigenvalue weighted by Gasteiger charge is 2.11. The molecule has 5 nitrogen and oxygen atoms in total. The first-order valence-electron chi connectivity index (χ1n) is 6.08. The molecule has 0 aliphatic carbocycles. The summed E-state index contributed by atoms with van der Waals surface area (Å²) in [5.74, 6) is 0.550. The average molecular weight is 247 g/mol. The molecular formula is C13H17N3O2. The number of anilines is 1. The monoisotopic (exact) mass is 247 g/mol. The zero-order chi connectivity index (χ0) is 13.0. The Kier molecular flexibility index (Phi) is 3.82. The second-order valence-electron chi connectivity index (χ2n) is 4.21. The van der Waals surface area contributed by atoms with Crippen LogP contribution in [0.2, 0.25) is 0 Å². The van der Waals surface area contributed by atoms with Crippen molar-refractivity contribution in [3.63, 3.8) is 0 Å². The van der Waals surface area contributed by atoms with Crippen LogP contribution in [0.15, 0.2) is 29.1 Å². The summed E-state index contributed by atoms with van der Waals surface area (Å²) in [4.78, 5) is 11.9. The Morgan fingerprint density at radius 1 is 1.56 bits per heavy atom. The fraction of sp³-hybridized carbons (Fsp3) is 0.385. The fourth-order valence-electron chi connectivity index (χ4n) is 1.71. The third kappa shape index (κ3) is 2.80. The van der Waals surface area contributed by atoms with Crippen molar-refractivity contribution in [2.24, 2.45) is 0 Å². The molecule has 0 spiro atoms. The maximum absolute atomic E-state index is 11.9. The molecule has 2 rings (SSSR count). The standard InChI is InChI=1S/C13H17N3O2/c1-3-4-6-16-12(8-10(2)15-16)14-13(17)11-5-7-18-9-11/h5,7-9H,3-4,6H2,1-2H3,(H,14,17). The molecule has 0 aromatic carbocycles. The third-order valence-corrected chi connectivity index (χ3v) is 2.65. The van der Waals surface area contributed by atoms with Gasteiger partial charge < -0.3 is 9.73 Å². The molecule has 0 atom stereocenters. The fourth-order valence-corrected chi connectivity index (χ4v) is 1.71. The summed E-state index contributed by atoms with van der Waals surface area (Å²) in [6, 6.07) is 3.50. The normalized spacial score (nSPS) is 10.6. The molecule has 0 aliphatic heterocycles. The minimum absolute atomic E-state index is 0.179. The summed E-state index contributed by atoms with van der Waals surface area (Å²) in [5, 5.41) is 7.21. The number of amides is 1. The third-order valence-electron chi connectivity index (χ3n) is 2.65. The van der Waals surface area contributed by atoms with E-state index in [0.29, 0.717) is 5.56 Å². The first-order valence-corrected chi connectivity index (χ1v) is 6.08. The van der Waals surface area contributed by atoms with Gasteiger partial charge in [-0.1, -0.05) is 13.3 Å².